The van der Waals surface area contributed by atoms with Gasteiger partial charge in [0.15, 0.2) is 5.11 Å². The molecule has 1 aliphatic heterocycles. The van der Waals surface area contributed by atoms with Crippen LogP contribution in [0.25, 0.3) is 0 Å². The van der Waals surface area contributed by atoms with E-state index < -0.39 is 0 Å². The molecule has 1 aliphatic rings. The van der Waals surface area contributed by atoms with Crippen LogP contribution >= 0.6 is 23.8 Å². The first-order valence-corrected chi connectivity index (χ1v) is 8.85. The van der Waals surface area contributed by atoms with Crippen LogP contribution in [0.5, 0.6) is 0 Å². The van der Waals surface area contributed by atoms with E-state index in [2.05, 4.69) is 16.2 Å². The lowest BCUT2D eigenvalue weighted by Crippen LogP contribution is -2.43. The number of nitrogens with zero attached hydrogens (tertiary/aromatic N) is 1. The number of halogens is 1. The summed E-state index contributed by atoms with van der Waals surface area (Å²) < 4.78 is 0. The van der Waals surface area contributed by atoms with Gasteiger partial charge in [-0.05, 0) is 67.2 Å². The van der Waals surface area contributed by atoms with Crippen molar-refractivity contribution in [2.24, 2.45) is 0 Å². The Labute approximate surface area is 161 Å². The van der Waals surface area contributed by atoms with Gasteiger partial charge in [-0.3, -0.25) is 20.4 Å². The maximum absolute atomic E-state index is 12.2. The molecule has 2 aromatic rings. The molecule has 6 nitrogen and oxygen atoms in total. The van der Waals surface area contributed by atoms with Crippen molar-refractivity contribution in [3.63, 3.8) is 0 Å². The van der Waals surface area contributed by atoms with E-state index in [1.54, 1.807) is 53.4 Å². The van der Waals surface area contributed by atoms with Crippen LogP contribution in [-0.2, 0) is 4.79 Å². The van der Waals surface area contributed by atoms with Crippen molar-refractivity contribution < 1.29 is 9.59 Å². The third-order valence-electron chi connectivity index (χ3n) is 3.91. The summed E-state index contributed by atoms with van der Waals surface area (Å²) in [5, 5.41) is 3.81. The average molecular weight is 389 g/mol. The van der Waals surface area contributed by atoms with Gasteiger partial charge in [0.25, 0.3) is 5.91 Å². The summed E-state index contributed by atoms with van der Waals surface area (Å²) >= 11 is 11.0. The number of hydrogen-bond donors (Lipinski definition) is 3. The molecule has 0 radical (unpaired) electrons. The number of amides is 2. The fourth-order valence-corrected chi connectivity index (χ4v) is 2.89. The zero-order valence-electron chi connectivity index (χ0n) is 13.8. The molecule has 0 atom stereocenters. The summed E-state index contributed by atoms with van der Waals surface area (Å²) in [6.07, 6.45) is 1.44. The maximum Gasteiger partial charge on any atom is 0.269 e. The second-order valence-electron chi connectivity index (χ2n) is 5.74. The molecule has 1 saturated heterocycles. The molecule has 8 heteroatoms. The Bertz CT molecular complexity index is 824. The van der Waals surface area contributed by atoms with E-state index in [1.165, 1.54) is 0 Å². The molecule has 0 unspecified atom stereocenters. The summed E-state index contributed by atoms with van der Waals surface area (Å²) in [5.41, 5.74) is 7.19. The molecule has 3 N–H and O–H groups in total. The lowest BCUT2D eigenvalue weighted by molar-refractivity contribution is -0.117. The molecule has 1 fully saturated rings. The van der Waals surface area contributed by atoms with Crippen LogP contribution in [0.3, 0.4) is 0 Å². The predicted molar refractivity (Wildman–Crippen MR) is 106 cm³/mol. The third-order valence-corrected chi connectivity index (χ3v) is 4.36. The highest BCUT2D eigenvalue weighted by Crippen LogP contribution is 2.21. The van der Waals surface area contributed by atoms with Crippen molar-refractivity contribution in [1.29, 1.82) is 0 Å². The van der Waals surface area contributed by atoms with Gasteiger partial charge >= 0.3 is 0 Å². The first-order chi connectivity index (χ1) is 12.5. The largest absolute Gasteiger partial charge is 0.331 e. The fraction of sp³-hybridized carbons (Fsp3) is 0.167. The Hall–Kier alpha value is -2.64. The quantitative estimate of drug-likeness (QED) is 0.556. The number of hydrazine groups is 1. The van der Waals surface area contributed by atoms with Crippen molar-refractivity contribution in [3.8, 4) is 0 Å². The minimum Gasteiger partial charge on any atom is -0.331 e. The number of carbonyl (C=O) groups is 2. The van der Waals surface area contributed by atoms with Crippen LogP contribution < -0.4 is 21.1 Å². The summed E-state index contributed by atoms with van der Waals surface area (Å²) in [6, 6.07) is 13.9. The molecule has 0 aliphatic carbocycles. The van der Waals surface area contributed by atoms with E-state index in [-0.39, 0.29) is 16.9 Å². The second kappa shape index (κ2) is 8.16. The molecule has 1 heterocycles. The smallest absolute Gasteiger partial charge is 0.269 e. The van der Waals surface area contributed by atoms with Crippen LogP contribution in [0.1, 0.15) is 23.2 Å². The number of rotatable bonds is 3. The molecule has 0 spiro atoms. The van der Waals surface area contributed by atoms with E-state index in [9.17, 15) is 9.59 Å². The van der Waals surface area contributed by atoms with Crippen molar-refractivity contribution in [2.75, 3.05) is 16.8 Å². The van der Waals surface area contributed by atoms with Crippen LogP contribution in [0.15, 0.2) is 48.5 Å². The Morgan fingerprint density at radius 1 is 1.04 bits per heavy atom. The number of benzene rings is 2. The molecule has 3 rings (SSSR count). The first kappa shape index (κ1) is 18.2. The Balaban J connectivity index is 1.52. The molecule has 2 aromatic carbocycles. The van der Waals surface area contributed by atoms with E-state index in [1.807, 2.05) is 0 Å². The van der Waals surface area contributed by atoms with E-state index in [4.69, 9.17) is 23.8 Å². The fourth-order valence-electron chi connectivity index (χ4n) is 2.60. The predicted octanol–water partition coefficient (Wildman–Crippen LogP) is 3.10. The summed E-state index contributed by atoms with van der Waals surface area (Å²) in [4.78, 5) is 25.7. The van der Waals surface area contributed by atoms with E-state index in [0.29, 0.717) is 17.0 Å². The summed E-state index contributed by atoms with van der Waals surface area (Å²) in [7, 11) is 0. The van der Waals surface area contributed by atoms with Gasteiger partial charge < -0.3 is 10.2 Å². The van der Waals surface area contributed by atoms with E-state index in [0.717, 1.165) is 24.3 Å². The lowest BCUT2D eigenvalue weighted by atomic mass is 10.2. The van der Waals surface area contributed by atoms with Gasteiger partial charge in [0.2, 0.25) is 5.91 Å². The van der Waals surface area contributed by atoms with Gasteiger partial charge in [-0.2, -0.15) is 0 Å². The zero-order valence-corrected chi connectivity index (χ0v) is 15.4. The molecular formula is C18H17ClN4O2S. The van der Waals surface area contributed by atoms with Gasteiger partial charge in [-0.1, -0.05) is 11.6 Å². The standard InChI is InChI=1S/C18H17ClN4O2S/c19-13-5-7-14(8-6-13)20-18(26)22-21-17(25)12-3-9-15(10-4-12)23-11-1-2-16(23)24/h3-10H,1-2,11H2,(H,21,25)(H2,20,22,26). The van der Waals surface area contributed by atoms with Gasteiger partial charge in [0.05, 0.1) is 0 Å². The maximum atomic E-state index is 12.2. The second-order valence-corrected chi connectivity index (χ2v) is 6.58. The first-order valence-electron chi connectivity index (χ1n) is 8.06. The van der Waals surface area contributed by atoms with Crippen LogP contribution in [0, 0.1) is 0 Å². The molecule has 26 heavy (non-hydrogen) atoms. The highest BCUT2D eigenvalue weighted by atomic mass is 35.5. The topological polar surface area (TPSA) is 73.5 Å². The number of thiocarbonyl (C=S) groups is 1. The number of nitrogens with one attached hydrogen (secondary N) is 3. The zero-order chi connectivity index (χ0) is 18.5. The molecule has 0 aromatic heterocycles. The van der Waals surface area contributed by atoms with Crippen molar-refractivity contribution in [3.05, 3.63) is 59.1 Å². The third kappa shape index (κ3) is 4.50. The Kier molecular flexibility index (Phi) is 5.70. The van der Waals surface area contributed by atoms with Gasteiger partial charge in [0.1, 0.15) is 0 Å². The molecule has 134 valence electrons. The number of carbonyl (C=O) groups excluding carboxylic acids is 2. The molecule has 0 saturated carbocycles. The summed E-state index contributed by atoms with van der Waals surface area (Å²) in [6.45, 7) is 0.719. The van der Waals surface area contributed by atoms with Crippen molar-refractivity contribution in [2.45, 2.75) is 12.8 Å². The van der Waals surface area contributed by atoms with E-state index >= 15 is 0 Å². The number of anilines is 2. The monoisotopic (exact) mass is 388 g/mol. The lowest BCUT2D eigenvalue weighted by Gasteiger charge is -2.16. The van der Waals surface area contributed by atoms with Crippen LogP contribution in [0.4, 0.5) is 11.4 Å². The average Bonchev–Trinajstić information content (AvgIpc) is 3.08. The van der Waals surface area contributed by atoms with Gasteiger partial charge in [-0.15, -0.1) is 0 Å². The summed E-state index contributed by atoms with van der Waals surface area (Å²) in [5.74, 6) is -0.216. The highest BCUT2D eigenvalue weighted by Gasteiger charge is 2.21. The van der Waals surface area contributed by atoms with Crippen LogP contribution in [0.2, 0.25) is 5.02 Å². The number of hydrogen-bond acceptors (Lipinski definition) is 3. The molecule has 0 bridgehead atoms. The molecule has 2 amide bonds. The van der Waals surface area contributed by atoms with Gasteiger partial charge in [0, 0.05) is 34.9 Å². The normalized spacial score (nSPS) is 13.4. The minimum atomic E-state index is -0.329. The van der Waals surface area contributed by atoms with Crippen LogP contribution in [-0.4, -0.2) is 23.5 Å². The van der Waals surface area contributed by atoms with Crippen molar-refractivity contribution >= 4 is 52.1 Å². The minimum absolute atomic E-state index is 0.113. The SMILES string of the molecule is O=C(NNC(=S)Nc1ccc(Cl)cc1)c1ccc(N2CCCC2=O)cc1. The van der Waals surface area contributed by atoms with Gasteiger partial charge in [-0.25, -0.2) is 0 Å². The molecular weight excluding hydrogens is 372 g/mol. The Morgan fingerprint density at radius 2 is 1.73 bits per heavy atom. The Morgan fingerprint density at radius 3 is 2.35 bits per heavy atom. The van der Waals surface area contributed by atoms with Crippen molar-refractivity contribution in [1.82, 2.24) is 10.9 Å². The highest BCUT2D eigenvalue weighted by molar-refractivity contribution is 7.80.